The first-order valence-corrected chi connectivity index (χ1v) is 7.37. The van der Waals surface area contributed by atoms with E-state index >= 15 is 0 Å². The van der Waals surface area contributed by atoms with Crippen molar-refractivity contribution < 1.29 is 27.6 Å². The number of hydrogen-bond acceptors (Lipinski definition) is 5. The molecule has 0 saturated heterocycles. The number of nitro groups is 1. The molecule has 0 saturated carbocycles. The van der Waals surface area contributed by atoms with Gasteiger partial charge in [0.1, 0.15) is 24.2 Å². The molecule has 0 N–H and O–H groups in total. The molecule has 0 spiro atoms. The quantitative estimate of drug-likeness (QED) is 0.619. The summed E-state index contributed by atoms with van der Waals surface area (Å²) >= 11 is 0. The van der Waals surface area contributed by atoms with Gasteiger partial charge in [-0.05, 0) is 36.1 Å². The van der Waals surface area contributed by atoms with E-state index in [1.54, 1.807) is 6.92 Å². The van der Waals surface area contributed by atoms with Gasteiger partial charge in [0.2, 0.25) is 0 Å². The van der Waals surface area contributed by atoms with E-state index in [1.165, 1.54) is 22.9 Å². The second-order valence-corrected chi connectivity index (χ2v) is 5.94. The van der Waals surface area contributed by atoms with Crippen molar-refractivity contribution in [1.82, 2.24) is 9.55 Å². The van der Waals surface area contributed by atoms with Crippen LogP contribution < -0.4 is 9.47 Å². The SMILES string of the molecule is CC1(COc2ccc(C(F)(F)F)cc2)CCn2cc([N+](=O)[O-])nc2O1. The minimum Gasteiger partial charge on any atom is -0.489 e. The number of ether oxygens (including phenoxy) is 2. The number of hydrogen-bond donors (Lipinski definition) is 0. The molecule has 0 radical (unpaired) electrons. The van der Waals surface area contributed by atoms with Gasteiger partial charge in [0.15, 0.2) is 0 Å². The molecule has 1 aromatic heterocycles. The van der Waals surface area contributed by atoms with Crippen molar-refractivity contribution in [1.29, 1.82) is 0 Å². The van der Waals surface area contributed by atoms with Crippen LogP contribution in [0, 0.1) is 10.1 Å². The molecule has 25 heavy (non-hydrogen) atoms. The number of nitrogens with zero attached hydrogens (tertiary/aromatic N) is 3. The lowest BCUT2D eigenvalue weighted by atomic mass is 10.0. The molecule has 3 rings (SSSR count). The molecule has 1 unspecified atom stereocenters. The van der Waals surface area contributed by atoms with Crippen molar-refractivity contribution in [3.05, 3.63) is 46.1 Å². The first-order chi connectivity index (χ1) is 11.7. The van der Waals surface area contributed by atoms with Crippen LogP contribution in [-0.2, 0) is 12.7 Å². The van der Waals surface area contributed by atoms with E-state index in [4.69, 9.17) is 9.47 Å². The molecule has 2 heterocycles. The van der Waals surface area contributed by atoms with Gasteiger partial charge < -0.3 is 19.6 Å². The van der Waals surface area contributed by atoms with Gasteiger partial charge in [-0.1, -0.05) is 0 Å². The van der Waals surface area contributed by atoms with E-state index in [0.717, 1.165) is 12.1 Å². The van der Waals surface area contributed by atoms with Crippen LogP contribution in [0.4, 0.5) is 19.0 Å². The Labute approximate surface area is 140 Å². The van der Waals surface area contributed by atoms with Crippen molar-refractivity contribution in [2.75, 3.05) is 6.61 Å². The van der Waals surface area contributed by atoms with E-state index in [1.807, 2.05) is 0 Å². The molecule has 1 atom stereocenters. The van der Waals surface area contributed by atoms with Gasteiger partial charge in [-0.2, -0.15) is 13.2 Å². The minimum atomic E-state index is -4.40. The molecule has 1 aliphatic heterocycles. The molecule has 2 aromatic rings. The summed E-state index contributed by atoms with van der Waals surface area (Å²) in [5.74, 6) is -0.0272. The van der Waals surface area contributed by atoms with Crippen LogP contribution in [0.1, 0.15) is 18.9 Å². The Morgan fingerprint density at radius 3 is 2.68 bits per heavy atom. The fraction of sp³-hybridized carbons (Fsp3) is 0.400. The number of aryl methyl sites for hydroxylation is 1. The van der Waals surface area contributed by atoms with Gasteiger partial charge >= 0.3 is 18.0 Å². The van der Waals surface area contributed by atoms with Crippen molar-refractivity contribution in [2.45, 2.75) is 31.7 Å². The van der Waals surface area contributed by atoms with Crippen LogP contribution in [0.3, 0.4) is 0 Å². The summed E-state index contributed by atoms with van der Waals surface area (Å²) in [6.45, 7) is 2.28. The zero-order chi connectivity index (χ0) is 18.2. The zero-order valence-corrected chi connectivity index (χ0v) is 13.1. The minimum absolute atomic E-state index is 0.0685. The Hall–Kier alpha value is -2.78. The van der Waals surface area contributed by atoms with Crippen LogP contribution in [0.15, 0.2) is 30.5 Å². The van der Waals surface area contributed by atoms with Gasteiger partial charge in [0.05, 0.1) is 5.56 Å². The number of aromatic nitrogens is 2. The molecule has 1 aromatic carbocycles. The van der Waals surface area contributed by atoms with Gasteiger partial charge in [0.25, 0.3) is 0 Å². The third-order valence-corrected chi connectivity index (χ3v) is 3.86. The third kappa shape index (κ3) is 3.67. The average Bonchev–Trinajstić information content (AvgIpc) is 2.96. The highest BCUT2D eigenvalue weighted by atomic mass is 19.4. The lowest BCUT2D eigenvalue weighted by Crippen LogP contribution is -2.43. The first-order valence-electron chi connectivity index (χ1n) is 7.37. The molecule has 10 heteroatoms. The predicted octanol–water partition coefficient (Wildman–Crippen LogP) is 3.43. The predicted molar refractivity (Wildman–Crippen MR) is 79.5 cm³/mol. The van der Waals surface area contributed by atoms with Crippen LogP contribution in [0.2, 0.25) is 0 Å². The van der Waals surface area contributed by atoms with Crippen molar-refractivity contribution in [2.24, 2.45) is 0 Å². The Balaban J connectivity index is 1.65. The molecular weight excluding hydrogens is 343 g/mol. The molecule has 134 valence electrons. The summed E-state index contributed by atoms with van der Waals surface area (Å²) in [5, 5.41) is 10.8. The fourth-order valence-electron chi connectivity index (χ4n) is 2.42. The second-order valence-electron chi connectivity index (χ2n) is 5.94. The largest absolute Gasteiger partial charge is 0.489 e. The van der Waals surface area contributed by atoms with E-state index in [-0.39, 0.29) is 24.2 Å². The topological polar surface area (TPSA) is 79.4 Å². The summed E-state index contributed by atoms with van der Waals surface area (Å²) in [6.07, 6.45) is -2.59. The van der Waals surface area contributed by atoms with Gasteiger partial charge in [0, 0.05) is 17.9 Å². The van der Waals surface area contributed by atoms with Crippen molar-refractivity contribution >= 4 is 5.82 Å². The van der Waals surface area contributed by atoms with Gasteiger partial charge in [-0.15, -0.1) is 0 Å². The Kier molecular flexibility index (Phi) is 4.05. The van der Waals surface area contributed by atoms with Crippen LogP contribution in [0.5, 0.6) is 11.8 Å². The maximum Gasteiger partial charge on any atom is 0.416 e. The number of alkyl halides is 3. The summed E-state index contributed by atoms with van der Waals surface area (Å²) in [4.78, 5) is 14.0. The summed E-state index contributed by atoms with van der Waals surface area (Å²) in [5.41, 5.74) is -1.55. The Morgan fingerprint density at radius 1 is 1.40 bits per heavy atom. The van der Waals surface area contributed by atoms with E-state index in [9.17, 15) is 23.3 Å². The maximum atomic E-state index is 12.5. The number of halogens is 3. The first kappa shape index (κ1) is 17.1. The van der Waals surface area contributed by atoms with Gasteiger partial charge in [-0.3, -0.25) is 4.57 Å². The van der Waals surface area contributed by atoms with E-state index < -0.39 is 22.3 Å². The number of benzene rings is 1. The van der Waals surface area contributed by atoms with Crippen molar-refractivity contribution in [3.8, 4) is 11.8 Å². The molecule has 0 bridgehead atoms. The number of imidazole rings is 1. The monoisotopic (exact) mass is 357 g/mol. The molecule has 0 aliphatic carbocycles. The summed E-state index contributed by atoms with van der Waals surface area (Å²) in [6, 6.07) is 4.48. The summed E-state index contributed by atoms with van der Waals surface area (Å²) in [7, 11) is 0. The van der Waals surface area contributed by atoms with Crippen LogP contribution >= 0.6 is 0 Å². The maximum absolute atomic E-state index is 12.5. The number of rotatable bonds is 4. The standard InChI is InChI=1S/C15H14F3N3O4/c1-14(6-7-20-8-12(21(22)23)19-13(20)25-14)9-24-11-4-2-10(3-5-11)15(16,17)18/h2-5,8H,6-7,9H2,1H3. The number of fused-ring (bicyclic) bond motifs is 1. The smallest absolute Gasteiger partial charge is 0.416 e. The fourth-order valence-corrected chi connectivity index (χ4v) is 2.42. The van der Waals surface area contributed by atoms with Crippen molar-refractivity contribution in [3.63, 3.8) is 0 Å². The molecule has 0 amide bonds. The highest BCUT2D eigenvalue weighted by molar-refractivity contribution is 5.29. The molecule has 1 aliphatic rings. The van der Waals surface area contributed by atoms with Crippen LogP contribution in [-0.4, -0.2) is 26.7 Å². The second kappa shape index (κ2) is 5.94. The lowest BCUT2D eigenvalue weighted by Gasteiger charge is -2.32. The van der Waals surface area contributed by atoms with E-state index in [2.05, 4.69) is 4.98 Å². The normalized spacial score (nSPS) is 19.8. The highest BCUT2D eigenvalue weighted by Crippen LogP contribution is 2.32. The molecule has 7 nitrogen and oxygen atoms in total. The third-order valence-electron chi connectivity index (χ3n) is 3.86. The highest BCUT2D eigenvalue weighted by Gasteiger charge is 2.37. The van der Waals surface area contributed by atoms with Crippen LogP contribution in [0.25, 0.3) is 0 Å². The zero-order valence-electron chi connectivity index (χ0n) is 13.1. The summed E-state index contributed by atoms with van der Waals surface area (Å²) < 4.78 is 50.4. The molecular formula is C15H14F3N3O4. The lowest BCUT2D eigenvalue weighted by molar-refractivity contribution is -0.389. The van der Waals surface area contributed by atoms with Gasteiger partial charge in [-0.25, -0.2) is 0 Å². The Bertz CT molecular complexity index is 788. The van der Waals surface area contributed by atoms with E-state index in [0.29, 0.717) is 13.0 Å². The average molecular weight is 357 g/mol. The molecule has 0 fully saturated rings. The Morgan fingerprint density at radius 2 is 2.08 bits per heavy atom.